The maximum atomic E-state index is 13.9. The van der Waals surface area contributed by atoms with E-state index < -0.39 is 11.9 Å². The summed E-state index contributed by atoms with van der Waals surface area (Å²) in [4.78, 5) is 2.03. The molecule has 0 heterocycles. The third-order valence-electron chi connectivity index (χ3n) is 4.18. The molecule has 1 rings (SSSR count). The molecule has 0 bridgehead atoms. The number of aliphatic hydroxyl groups excluding tert-OH is 1. The molecule has 1 atom stereocenters. The minimum atomic E-state index is -0.634. The normalized spacial score (nSPS) is 13.9. The molecule has 0 aliphatic rings. The Morgan fingerprint density at radius 3 is 2.37 bits per heavy atom. The average Bonchev–Trinajstić information content (AvgIpc) is 2.36. The molecule has 0 fully saturated rings. The van der Waals surface area contributed by atoms with E-state index in [9.17, 15) is 9.50 Å². The fourth-order valence-electron chi connectivity index (χ4n) is 2.76. The quantitative estimate of drug-likeness (QED) is 0.865. The lowest BCUT2D eigenvalue weighted by molar-refractivity contribution is -0.0129. The first kappa shape index (κ1) is 16.4. The number of hydrogen-bond donors (Lipinski definition) is 1. The number of halogens is 2. The maximum absolute atomic E-state index is 13.9. The van der Waals surface area contributed by atoms with Gasteiger partial charge in [-0.3, -0.25) is 0 Å². The molecule has 1 aromatic rings. The summed E-state index contributed by atoms with van der Waals surface area (Å²) in [5.74, 6) is -0.428. The first-order valence-corrected chi connectivity index (χ1v) is 7.05. The van der Waals surface area contributed by atoms with E-state index in [1.807, 2.05) is 32.8 Å². The van der Waals surface area contributed by atoms with Crippen LogP contribution in [0.5, 0.6) is 0 Å². The molecule has 0 amide bonds. The number of benzene rings is 1. The molecule has 0 spiro atoms. The first-order valence-electron chi connectivity index (χ1n) is 6.67. The van der Waals surface area contributed by atoms with Gasteiger partial charge in [0.2, 0.25) is 0 Å². The molecule has 1 unspecified atom stereocenters. The highest BCUT2D eigenvalue weighted by molar-refractivity contribution is 6.30. The number of likely N-dealkylation sites (N-methyl/N-ethyl adjacent to an activating group) is 1. The Morgan fingerprint density at radius 1 is 1.32 bits per heavy atom. The number of hydrogen-bond acceptors (Lipinski definition) is 2. The van der Waals surface area contributed by atoms with E-state index in [1.165, 1.54) is 6.07 Å². The molecule has 0 radical (unpaired) electrons. The molecular weight excluding hydrogens is 265 g/mol. The summed E-state index contributed by atoms with van der Waals surface area (Å²) in [5.41, 5.74) is 0.127. The van der Waals surface area contributed by atoms with E-state index in [4.69, 9.17) is 11.6 Å². The van der Waals surface area contributed by atoms with Crippen molar-refractivity contribution in [3.63, 3.8) is 0 Å². The highest BCUT2D eigenvalue weighted by Crippen LogP contribution is 2.29. The zero-order valence-electron chi connectivity index (χ0n) is 12.1. The van der Waals surface area contributed by atoms with E-state index in [0.717, 1.165) is 12.8 Å². The van der Waals surface area contributed by atoms with Crippen LogP contribution in [0.1, 0.15) is 32.3 Å². The predicted molar refractivity (Wildman–Crippen MR) is 78.1 cm³/mol. The van der Waals surface area contributed by atoms with Gasteiger partial charge in [0.15, 0.2) is 0 Å². The zero-order valence-corrected chi connectivity index (χ0v) is 12.8. The molecular formula is C15H23ClFNO. The second kappa shape index (κ2) is 6.69. The van der Waals surface area contributed by atoms with Crippen LogP contribution < -0.4 is 0 Å². The van der Waals surface area contributed by atoms with Crippen molar-refractivity contribution in [2.45, 2.75) is 44.8 Å². The second-order valence-electron chi connectivity index (χ2n) is 5.14. The summed E-state index contributed by atoms with van der Waals surface area (Å²) in [6.07, 6.45) is 1.25. The summed E-state index contributed by atoms with van der Waals surface area (Å²) in [6.45, 7) is 4.09. The summed E-state index contributed by atoms with van der Waals surface area (Å²) in [5, 5.41) is 10.7. The van der Waals surface area contributed by atoms with Crippen molar-refractivity contribution >= 4 is 11.6 Å². The van der Waals surface area contributed by atoms with Gasteiger partial charge in [-0.25, -0.2) is 4.39 Å². The van der Waals surface area contributed by atoms with Crippen LogP contribution in [0.25, 0.3) is 0 Å². The Labute approximate surface area is 120 Å². The minimum absolute atomic E-state index is 0.105. The molecule has 19 heavy (non-hydrogen) atoms. The third kappa shape index (κ3) is 3.28. The van der Waals surface area contributed by atoms with Crippen LogP contribution in [-0.4, -0.2) is 35.7 Å². The van der Waals surface area contributed by atoms with Crippen LogP contribution in [0.2, 0.25) is 5.02 Å². The van der Waals surface area contributed by atoms with Crippen LogP contribution in [-0.2, 0) is 6.42 Å². The van der Waals surface area contributed by atoms with Crippen molar-refractivity contribution in [1.29, 1.82) is 0 Å². The highest BCUT2D eigenvalue weighted by atomic mass is 35.5. The molecule has 0 saturated carbocycles. The zero-order chi connectivity index (χ0) is 14.6. The molecule has 0 saturated heterocycles. The van der Waals surface area contributed by atoms with Crippen molar-refractivity contribution in [2.75, 3.05) is 14.1 Å². The summed E-state index contributed by atoms with van der Waals surface area (Å²) < 4.78 is 13.9. The molecule has 4 heteroatoms. The van der Waals surface area contributed by atoms with Crippen LogP contribution >= 0.6 is 11.6 Å². The van der Waals surface area contributed by atoms with Gasteiger partial charge in [-0.15, -0.1) is 0 Å². The van der Waals surface area contributed by atoms with Gasteiger partial charge in [-0.2, -0.15) is 0 Å². The number of nitrogens with zero attached hydrogens (tertiary/aromatic N) is 1. The first-order chi connectivity index (χ1) is 8.89. The van der Waals surface area contributed by atoms with Gasteiger partial charge in [-0.05, 0) is 38.6 Å². The van der Waals surface area contributed by atoms with Crippen LogP contribution in [0.4, 0.5) is 4.39 Å². The van der Waals surface area contributed by atoms with E-state index in [1.54, 1.807) is 12.1 Å². The molecule has 0 aliphatic heterocycles. The minimum Gasteiger partial charge on any atom is -0.391 e. The fraction of sp³-hybridized carbons (Fsp3) is 0.600. The van der Waals surface area contributed by atoms with Gasteiger partial charge >= 0.3 is 0 Å². The van der Waals surface area contributed by atoms with E-state index in [-0.39, 0.29) is 17.0 Å². The van der Waals surface area contributed by atoms with Crippen molar-refractivity contribution < 1.29 is 9.50 Å². The van der Waals surface area contributed by atoms with Crippen LogP contribution in [0, 0.1) is 5.82 Å². The van der Waals surface area contributed by atoms with E-state index in [0.29, 0.717) is 5.56 Å². The van der Waals surface area contributed by atoms with Gasteiger partial charge in [0.25, 0.3) is 0 Å². The van der Waals surface area contributed by atoms with Crippen molar-refractivity contribution in [3.05, 3.63) is 34.6 Å². The molecule has 0 aliphatic carbocycles. The van der Waals surface area contributed by atoms with Gasteiger partial charge in [-0.1, -0.05) is 37.6 Å². The van der Waals surface area contributed by atoms with Crippen LogP contribution in [0.3, 0.4) is 0 Å². The molecule has 0 aromatic heterocycles. The largest absolute Gasteiger partial charge is 0.391 e. The predicted octanol–water partition coefficient (Wildman–Crippen LogP) is 3.50. The van der Waals surface area contributed by atoms with E-state index >= 15 is 0 Å². The molecule has 1 N–H and O–H groups in total. The Morgan fingerprint density at radius 2 is 1.89 bits per heavy atom. The molecule has 2 nitrogen and oxygen atoms in total. The Bertz CT molecular complexity index is 419. The number of rotatable bonds is 6. The lowest BCUT2D eigenvalue weighted by Gasteiger charge is -2.42. The van der Waals surface area contributed by atoms with Crippen molar-refractivity contribution in [2.24, 2.45) is 0 Å². The maximum Gasteiger partial charge on any atom is 0.145 e. The Kier molecular flexibility index (Phi) is 5.78. The average molecular weight is 288 g/mol. The standard InChI is InChI=1S/C15H23ClFNO/c1-5-15(6-2,18(3)4)13(19)10-11-8-7-9-12(16)14(11)17/h7-9,13,19H,5-6,10H2,1-4H3. The van der Waals surface area contributed by atoms with Crippen molar-refractivity contribution in [1.82, 2.24) is 4.90 Å². The second-order valence-corrected chi connectivity index (χ2v) is 5.55. The third-order valence-corrected chi connectivity index (χ3v) is 4.47. The SMILES string of the molecule is CCC(CC)(C(O)Cc1cccc(Cl)c1F)N(C)C. The Hall–Kier alpha value is -0.640. The molecule has 108 valence electrons. The van der Waals surface area contributed by atoms with Gasteiger partial charge < -0.3 is 10.0 Å². The van der Waals surface area contributed by atoms with Crippen LogP contribution in [0.15, 0.2) is 18.2 Å². The topological polar surface area (TPSA) is 23.5 Å². The fourth-order valence-corrected chi connectivity index (χ4v) is 2.95. The van der Waals surface area contributed by atoms with Gasteiger partial charge in [0, 0.05) is 12.0 Å². The lowest BCUT2D eigenvalue weighted by atomic mass is 9.82. The summed E-state index contributed by atoms with van der Waals surface area (Å²) >= 11 is 5.77. The van der Waals surface area contributed by atoms with E-state index in [2.05, 4.69) is 0 Å². The Balaban J connectivity index is 3.00. The monoisotopic (exact) mass is 287 g/mol. The molecule has 1 aromatic carbocycles. The number of aliphatic hydroxyl groups is 1. The summed E-state index contributed by atoms with van der Waals surface area (Å²) in [7, 11) is 3.90. The lowest BCUT2D eigenvalue weighted by Crippen LogP contribution is -2.53. The highest BCUT2D eigenvalue weighted by Gasteiger charge is 2.37. The van der Waals surface area contributed by atoms with Gasteiger partial charge in [0.1, 0.15) is 5.82 Å². The smallest absolute Gasteiger partial charge is 0.145 e. The summed E-state index contributed by atoms with van der Waals surface area (Å²) in [6, 6.07) is 4.91. The van der Waals surface area contributed by atoms with Gasteiger partial charge in [0.05, 0.1) is 11.1 Å². The van der Waals surface area contributed by atoms with Crippen molar-refractivity contribution in [3.8, 4) is 0 Å².